The molecule has 5 nitrogen and oxygen atoms in total. The quantitative estimate of drug-likeness (QED) is 0.575. The van der Waals surface area contributed by atoms with Crippen LogP contribution in [0.4, 0.5) is 0 Å². The Kier molecular flexibility index (Phi) is 5.99. The molecule has 26 heavy (non-hydrogen) atoms. The van der Waals surface area contributed by atoms with Crippen LogP contribution in [0.3, 0.4) is 0 Å². The monoisotopic (exact) mass is 370 g/mol. The first-order valence-electron chi connectivity index (χ1n) is 8.04. The number of aliphatic hydroxyl groups is 1. The number of rotatable bonds is 8. The van der Waals surface area contributed by atoms with E-state index in [0.717, 1.165) is 10.5 Å². The summed E-state index contributed by atoms with van der Waals surface area (Å²) < 4.78 is 10.7. The van der Waals surface area contributed by atoms with Crippen LogP contribution in [0.25, 0.3) is 11.1 Å². The predicted octanol–water partition coefficient (Wildman–Crippen LogP) is 4.31. The molecule has 0 spiro atoms. The van der Waals surface area contributed by atoms with Gasteiger partial charge in [0.25, 0.3) is 0 Å². The molecule has 134 valence electrons. The fourth-order valence-corrected chi connectivity index (χ4v) is 3.51. The zero-order valence-corrected chi connectivity index (χ0v) is 14.7. The van der Waals surface area contributed by atoms with Crippen LogP contribution in [0, 0.1) is 0 Å². The van der Waals surface area contributed by atoms with Crippen molar-refractivity contribution in [3.63, 3.8) is 0 Å². The predicted molar refractivity (Wildman–Crippen MR) is 99.7 cm³/mol. The Morgan fingerprint density at radius 2 is 1.92 bits per heavy atom. The Morgan fingerprint density at radius 1 is 1.12 bits per heavy atom. The molecule has 0 fully saturated rings. The van der Waals surface area contributed by atoms with Gasteiger partial charge in [0.15, 0.2) is 0 Å². The Balaban J connectivity index is 2.00. The van der Waals surface area contributed by atoms with Crippen molar-refractivity contribution in [2.45, 2.75) is 10.6 Å². The zero-order chi connectivity index (χ0) is 18.4. The molecular formula is C20H18O5S. The van der Waals surface area contributed by atoms with E-state index in [2.05, 4.69) is 0 Å². The standard InChI is InChI=1S/C20H18O5S/c21-9-11-25-19-17(14-8-10-24-12-14)7-6-15(18(19)20(22)23)13-26-16-4-2-1-3-5-16/h1-8,10,12,21H,9,11,13H2,(H,22,23). The van der Waals surface area contributed by atoms with E-state index in [1.165, 1.54) is 12.5 Å². The lowest BCUT2D eigenvalue weighted by molar-refractivity contribution is 0.0690. The molecule has 1 heterocycles. The van der Waals surface area contributed by atoms with E-state index in [-0.39, 0.29) is 24.5 Å². The van der Waals surface area contributed by atoms with Crippen LogP contribution < -0.4 is 4.74 Å². The highest BCUT2D eigenvalue weighted by atomic mass is 32.2. The Labute approximate surface area is 155 Å². The van der Waals surface area contributed by atoms with Gasteiger partial charge in [0.1, 0.15) is 17.9 Å². The molecule has 0 aliphatic rings. The number of aliphatic hydroxyl groups excluding tert-OH is 1. The van der Waals surface area contributed by atoms with Crippen LogP contribution >= 0.6 is 11.8 Å². The van der Waals surface area contributed by atoms with Gasteiger partial charge >= 0.3 is 5.97 Å². The second-order valence-electron chi connectivity index (χ2n) is 5.47. The molecule has 6 heteroatoms. The van der Waals surface area contributed by atoms with Crippen molar-refractivity contribution in [3.8, 4) is 16.9 Å². The van der Waals surface area contributed by atoms with Crippen LogP contribution in [0.1, 0.15) is 15.9 Å². The molecule has 3 rings (SSSR count). The van der Waals surface area contributed by atoms with Gasteiger partial charge < -0.3 is 19.4 Å². The molecule has 3 aromatic rings. The molecule has 0 saturated heterocycles. The number of carboxylic acids is 1. The first kappa shape index (κ1) is 18.1. The minimum atomic E-state index is -1.06. The summed E-state index contributed by atoms with van der Waals surface area (Å²) in [6.07, 6.45) is 3.05. The third-order valence-electron chi connectivity index (χ3n) is 3.77. The maximum Gasteiger partial charge on any atom is 0.339 e. The molecule has 1 aromatic heterocycles. The van der Waals surface area contributed by atoms with E-state index in [1.54, 1.807) is 23.9 Å². The molecule has 0 radical (unpaired) electrons. The highest BCUT2D eigenvalue weighted by molar-refractivity contribution is 7.98. The van der Waals surface area contributed by atoms with Gasteiger partial charge in [0.05, 0.1) is 19.1 Å². The molecule has 2 N–H and O–H groups in total. The topological polar surface area (TPSA) is 79.9 Å². The minimum Gasteiger partial charge on any atom is -0.490 e. The van der Waals surface area contributed by atoms with Crippen LogP contribution in [0.15, 0.2) is 70.4 Å². The number of carbonyl (C=O) groups is 1. The molecule has 0 unspecified atom stereocenters. The lowest BCUT2D eigenvalue weighted by atomic mass is 9.99. The molecule has 0 bridgehead atoms. The van der Waals surface area contributed by atoms with E-state index in [9.17, 15) is 9.90 Å². The van der Waals surface area contributed by atoms with Crippen molar-refractivity contribution < 1.29 is 24.2 Å². The SMILES string of the molecule is O=C(O)c1c(CSc2ccccc2)ccc(-c2ccoc2)c1OCCO. The largest absolute Gasteiger partial charge is 0.490 e. The third kappa shape index (κ3) is 4.09. The number of aromatic carboxylic acids is 1. The van der Waals surface area contributed by atoms with E-state index in [0.29, 0.717) is 16.9 Å². The summed E-state index contributed by atoms with van der Waals surface area (Å²) in [7, 11) is 0. The number of hydrogen-bond acceptors (Lipinski definition) is 5. The summed E-state index contributed by atoms with van der Waals surface area (Å²) in [5.74, 6) is -0.321. The molecule has 0 saturated carbocycles. The van der Waals surface area contributed by atoms with Crippen LogP contribution in [0.5, 0.6) is 5.75 Å². The zero-order valence-electron chi connectivity index (χ0n) is 13.9. The summed E-state index contributed by atoms with van der Waals surface area (Å²) in [5.41, 5.74) is 2.12. The minimum absolute atomic E-state index is 0.0143. The highest BCUT2D eigenvalue weighted by Gasteiger charge is 2.22. The van der Waals surface area contributed by atoms with Crippen LogP contribution in [0.2, 0.25) is 0 Å². The maximum absolute atomic E-state index is 12.0. The summed E-state index contributed by atoms with van der Waals surface area (Å²) in [4.78, 5) is 13.0. The molecule has 2 aromatic carbocycles. The average molecular weight is 370 g/mol. The smallest absolute Gasteiger partial charge is 0.339 e. The fourth-order valence-electron chi connectivity index (χ4n) is 2.60. The van der Waals surface area contributed by atoms with E-state index >= 15 is 0 Å². The molecule has 0 aliphatic heterocycles. The summed E-state index contributed by atoms with van der Waals surface area (Å²) >= 11 is 1.55. The lowest BCUT2D eigenvalue weighted by Gasteiger charge is -2.16. The van der Waals surface area contributed by atoms with Gasteiger partial charge in [0.2, 0.25) is 0 Å². The molecule has 0 aliphatic carbocycles. The second kappa shape index (κ2) is 8.60. The van der Waals surface area contributed by atoms with Crippen LogP contribution in [-0.4, -0.2) is 29.4 Å². The summed E-state index contributed by atoms with van der Waals surface area (Å²) in [6, 6.07) is 15.1. The Bertz CT molecular complexity index is 859. The van der Waals surface area contributed by atoms with Gasteiger partial charge in [-0.2, -0.15) is 0 Å². The number of benzene rings is 2. The van der Waals surface area contributed by atoms with E-state index in [4.69, 9.17) is 14.3 Å². The second-order valence-corrected chi connectivity index (χ2v) is 6.52. The van der Waals surface area contributed by atoms with Crippen molar-refractivity contribution in [2.24, 2.45) is 0 Å². The van der Waals surface area contributed by atoms with E-state index < -0.39 is 5.97 Å². The van der Waals surface area contributed by atoms with Crippen molar-refractivity contribution in [3.05, 3.63) is 72.2 Å². The maximum atomic E-state index is 12.0. The molecule has 0 amide bonds. The molecular weight excluding hydrogens is 352 g/mol. The van der Waals surface area contributed by atoms with Crippen molar-refractivity contribution in [2.75, 3.05) is 13.2 Å². The normalized spacial score (nSPS) is 10.7. The molecule has 0 atom stereocenters. The van der Waals surface area contributed by atoms with Crippen molar-refractivity contribution in [1.82, 2.24) is 0 Å². The highest BCUT2D eigenvalue weighted by Crippen LogP contribution is 2.37. The average Bonchev–Trinajstić information content (AvgIpc) is 3.19. The lowest BCUT2D eigenvalue weighted by Crippen LogP contribution is -2.10. The van der Waals surface area contributed by atoms with Gasteiger partial charge in [-0.15, -0.1) is 11.8 Å². The first-order valence-corrected chi connectivity index (χ1v) is 9.02. The number of hydrogen-bond donors (Lipinski definition) is 2. The van der Waals surface area contributed by atoms with Crippen LogP contribution in [-0.2, 0) is 5.75 Å². The van der Waals surface area contributed by atoms with E-state index in [1.807, 2.05) is 36.4 Å². The first-order chi connectivity index (χ1) is 12.7. The van der Waals surface area contributed by atoms with Gasteiger partial charge in [0, 0.05) is 21.8 Å². The summed E-state index contributed by atoms with van der Waals surface area (Å²) in [6.45, 7) is -0.187. The van der Waals surface area contributed by atoms with Crippen molar-refractivity contribution >= 4 is 17.7 Å². The number of thioether (sulfide) groups is 1. The van der Waals surface area contributed by atoms with Gasteiger partial charge in [-0.1, -0.05) is 30.3 Å². The number of ether oxygens (including phenoxy) is 1. The Hall–Kier alpha value is -2.70. The van der Waals surface area contributed by atoms with Crippen molar-refractivity contribution in [1.29, 1.82) is 0 Å². The van der Waals surface area contributed by atoms with Gasteiger partial charge in [-0.3, -0.25) is 0 Å². The number of furan rings is 1. The Morgan fingerprint density at radius 3 is 2.58 bits per heavy atom. The summed E-state index contributed by atoms with van der Waals surface area (Å²) in [5, 5.41) is 18.9. The number of carboxylic acid groups (broad SMARTS) is 1. The third-order valence-corrected chi connectivity index (χ3v) is 4.83. The van der Waals surface area contributed by atoms with Gasteiger partial charge in [-0.05, 0) is 23.8 Å². The fraction of sp³-hybridized carbons (Fsp3) is 0.150. The van der Waals surface area contributed by atoms with Gasteiger partial charge in [-0.25, -0.2) is 4.79 Å².